The van der Waals surface area contributed by atoms with Gasteiger partial charge < -0.3 is 10.6 Å². The lowest BCUT2D eigenvalue weighted by atomic mass is 10.3. The fourth-order valence-corrected chi connectivity index (χ4v) is 3.72. The van der Waals surface area contributed by atoms with E-state index >= 15 is 0 Å². The maximum Gasteiger partial charge on any atom is 0.314 e. The van der Waals surface area contributed by atoms with E-state index in [0.717, 1.165) is 9.79 Å². The fourth-order valence-electron chi connectivity index (χ4n) is 2.27. The lowest BCUT2D eigenvalue weighted by Gasteiger charge is -2.11. The maximum atomic E-state index is 12.3. The smallest absolute Gasteiger partial charge is 0.314 e. The third-order valence-corrected chi connectivity index (χ3v) is 4.95. The van der Waals surface area contributed by atoms with E-state index in [0.29, 0.717) is 21.4 Å². The highest BCUT2D eigenvalue weighted by molar-refractivity contribution is 7.99. The zero-order valence-electron chi connectivity index (χ0n) is 13.9. The van der Waals surface area contributed by atoms with E-state index in [1.54, 1.807) is 12.1 Å². The van der Waals surface area contributed by atoms with Crippen LogP contribution in [0.15, 0.2) is 82.6 Å². The van der Waals surface area contributed by atoms with Gasteiger partial charge in [0.15, 0.2) is 0 Å². The summed E-state index contributed by atoms with van der Waals surface area (Å²) in [5, 5.41) is 5.86. The molecule has 3 rings (SSSR count). The van der Waals surface area contributed by atoms with Gasteiger partial charge in [0.1, 0.15) is 0 Å². The van der Waals surface area contributed by atoms with Crippen LogP contribution in [0, 0.1) is 0 Å². The Balaban J connectivity index is 1.71. The molecule has 0 aliphatic carbocycles. The molecule has 3 aromatic rings. The van der Waals surface area contributed by atoms with Crippen LogP contribution in [-0.2, 0) is 9.59 Å². The first-order valence-corrected chi connectivity index (χ1v) is 9.49. The van der Waals surface area contributed by atoms with Crippen LogP contribution in [0.25, 0.3) is 0 Å². The van der Waals surface area contributed by atoms with E-state index in [1.165, 1.54) is 30.0 Å². The standard InChI is InChI=1S/C20H14Cl2N2O2S/c21-13-10-14(22)12-15(11-13)23-19(25)20(26)24-17-8-4-5-9-18(17)27-16-6-2-1-3-7-16/h1-12H,(H,23,25)(H,24,26). The lowest BCUT2D eigenvalue weighted by Crippen LogP contribution is -2.29. The van der Waals surface area contributed by atoms with Gasteiger partial charge in [-0.25, -0.2) is 0 Å². The van der Waals surface area contributed by atoms with Crippen LogP contribution in [0.2, 0.25) is 10.0 Å². The van der Waals surface area contributed by atoms with Crippen molar-refractivity contribution in [2.45, 2.75) is 9.79 Å². The average molecular weight is 417 g/mol. The Bertz CT molecular complexity index is 960. The first-order valence-electron chi connectivity index (χ1n) is 7.91. The van der Waals surface area contributed by atoms with E-state index in [1.807, 2.05) is 42.5 Å². The Morgan fingerprint density at radius 2 is 1.33 bits per heavy atom. The normalized spacial score (nSPS) is 10.3. The predicted octanol–water partition coefficient (Wildman–Crippen LogP) is 5.72. The van der Waals surface area contributed by atoms with Gasteiger partial charge in [0.25, 0.3) is 0 Å². The van der Waals surface area contributed by atoms with Crippen LogP contribution in [0.5, 0.6) is 0 Å². The van der Waals surface area contributed by atoms with Crippen LogP contribution in [0.1, 0.15) is 0 Å². The second-order valence-electron chi connectivity index (χ2n) is 5.48. The van der Waals surface area contributed by atoms with Crippen LogP contribution in [-0.4, -0.2) is 11.8 Å². The molecule has 0 fully saturated rings. The molecular formula is C20H14Cl2N2O2S. The zero-order chi connectivity index (χ0) is 19.2. The number of hydrogen-bond donors (Lipinski definition) is 2. The molecule has 0 unspecified atom stereocenters. The van der Waals surface area contributed by atoms with E-state index in [4.69, 9.17) is 23.2 Å². The van der Waals surface area contributed by atoms with Crippen molar-refractivity contribution in [3.63, 3.8) is 0 Å². The second kappa shape index (κ2) is 8.95. The number of amides is 2. The first kappa shape index (κ1) is 19.3. The molecule has 27 heavy (non-hydrogen) atoms. The molecule has 0 radical (unpaired) electrons. The molecule has 0 aliphatic heterocycles. The highest BCUT2D eigenvalue weighted by Gasteiger charge is 2.16. The number of nitrogens with one attached hydrogen (secondary N) is 2. The number of benzene rings is 3. The Kier molecular flexibility index (Phi) is 6.40. The van der Waals surface area contributed by atoms with Crippen LogP contribution in [0.4, 0.5) is 11.4 Å². The molecule has 4 nitrogen and oxygen atoms in total. The quantitative estimate of drug-likeness (QED) is 0.534. The molecule has 0 aromatic heterocycles. The summed E-state index contributed by atoms with van der Waals surface area (Å²) in [6.07, 6.45) is 0. The van der Waals surface area contributed by atoms with Gasteiger partial charge in [-0.05, 0) is 42.5 Å². The lowest BCUT2D eigenvalue weighted by molar-refractivity contribution is -0.133. The minimum Gasteiger partial charge on any atom is -0.318 e. The highest BCUT2D eigenvalue weighted by Crippen LogP contribution is 2.33. The van der Waals surface area contributed by atoms with Crippen LogP contribution >= 0.6 is 35.0 Å². The third kappa shape index (κ3) is 5.50. The summed E-state index contributed by atoms with van der Waals surface area (Å²) in [5.74, 6) is -1.60. The van der Waals surface area contributed by atoms with E-state index in [-0.39, 0.29) is 0 Å². The van der Waals surface area contributed by atoms with Crippen LogP contribution in [0.3, 0.4) is 0 Å². The maximum absolute atomic E-state index is 12.3. The predicted molar refractivity (Wildman–Crippen MR) is 111 cm³/mol. The van der Waals surface area contributed by atoms with Crippen molar-refractivity contribution in [1.82, 2.24) is 0 Å². The molecule has 0 spiro atoms. The molecule has 0 aliphatic rings. The van der Waals surface area contributed by atoms with Crippen molar-refractivity contribution in [3.05, 3.63) is 82.8 Å². The Morgan fingerprint density at radius 1 is 0.741 bits per heavy atom. The molecule has 2 N–H and O–H groups in total. The van der Waals surface area contributed by atoms with Crippen molar-refractivity contribution in [1.29, 1.82) is 0 Å². The van der Waals surface area contributed by atoms with Crippen molar-refractivity contribution in [3.8, 4) is 0 Å². The summed E-state index contributed by atoms with van der Waals surface area (Å²) in [7, 11) is 0. The minimum absolute atomic E-state index is 0.347. The molecule has 0 saturated heterocycles. The SMILES string of the molecule is O=C(Nc1cc(Cl)cc(Cl)c1)C(=O)Nc1ccccc1Sc1ccccc1. The molecule has 0 bridgehead atoms. The Morgan fingerprint density at radius 3 is 2.04 bits per heavy atom. The molecule has 0 heterocycles. The molecule has 0 saturated carbocycles. The van der Waals surface area contributed by atoms with Gasteiger partial charge in [-0.15, -0.1) is 0 Å². The average Bonchev–Trinajstić information content (AvgIpc) is 2.63. The van der Waals surface area contributed by atoms with E-state index < -0.39 is 11.8 Å². The summed E-state index contributed by atoms with van der Waals surface area (Å²) >= 11 is 13.3. The van der Waals surface area contributed by atoms with Gasteiger partial charge >= 0.3 is 11.8 Å². The van der Waals surface area contributed by atoms with Gasteiger partial charge in [-0.1, -0.05) is 65.3 Å². The number of carbonyl (C=O) groups excluding carboxylic acids is 2. The Hall–Kier alpha value is -2.47. The number of carbonyl (C=O) groups is 2. The minimum atomic E-state index is -0.812. The third-order valence-electron chi connectivity index (χ3n) is 3.43. The summed E-state index contributed by atoms with van der Waals surface area (Å²) in [5.41, 5.74) is 0.898. The first-order chi connectivity index (χ1) is 13.0. The largest absolute Gasteiger partial charge is 0.318 e. The van der Waals surface area contributed by atoms with Gasteiger partial charge in [0, 0.05) is 25.5 Å². The molecule has 3 aromatic carbocycles. The van der Waals surface area contributed by atoms with Gasteiger partial charge in [-0.3, -0.25) is 9.59 Å². The number of hydrogen-bond acceptors (Lipinski definition) is 3. The highest BCUT2D eigenvalue weighted by atomic mass is 35.5. The van der Waals surface area contributed by atoms with Gasteiger partial charge in [0.2, 0.25) is 0 Å². The number of para-hydroxylation sites is 1. The van der Waals surface area contributed by atoms with Crippen molar-refractivity contribution >= 4 is 58.2 Å². The summed E-state index contributed by atoms with van der Waals surface area (Å²) in [6, 6.07) is 21.6. The fraction of sp³-hybridized carbons (Fsp3) is 0. The summed E-state index contributed by atoms with van der Waals surface area (Å²) in [6.45, 7) is 0. The van der Waals surface area contributed by atoms with E-state index in [9.17, 15) is 9.59 Å². The molecular weight excluding hydrogens is 403 g/mol. The summed E-state index contributed by atoms with van der Waals surface area (Å²) in [4.78, 5) is 26.3. The van der Waals surface area contributed by atoms with Crippen LogP contribution < -0.4 is 10.6 Å². The second-order valence-corrected chi connectivity index (χ2v) is 7.47. The van der Waals surface area contributed by atoms with Crippen molar-refractivity contribution < 1.29 is 9.59 Å². The molecule has 0 atom stereocenters. The topological polar surface area (TPSA) is 58.2 Å². The summed E-state index contributed by atoms with van der Waals surface area (Å²) < 4.78 is 0. The van der Waals surface area contributed by atoms with Gasteiger partial charge in [-0.2, -0.15) is 0 Å². The monoisotopic (exact) mass is 416 g/mol. The Labute approximate surface area is 170 Å². The molecule has 7 heteroatoms. The van der Waals surface area contributed by atoms with E-state index in [2.05, 4.69) is 10.6 Å². The molecule has 136 valence electrons. The van der Waals surface area contributed by atoms with Crippen molar-refractivity contribution in [2.75, 3.05) is 10.6 Å². The van der Waals surface area contributed by atoms with Crippen molar-refractivity contribution in [2.24, 2.45) is 0 Å². The number of rotatable bonds is 4. The zero-order valence-corrected chi connectivity index (χ0v) is 16.2. The number of anilines is 2. The van der Waals surface area contributed by atoms with Gasteiger partial charge in [0.05, 0.1) is 5.69 Å². The number of halogens is 2. The molecule has 2 amide bonds.